The Bertz CT molecular complexity index is 663. The minimum absolute atomic E-state index is 0.289. The molecule has 1 atom stereocenters. The molecule has 0 aliphatic heterocycles. The fourth-order valence-corrected chi connectivity index (χ4v) is 3.47. The highest BCUT2D eigenvalue weighted by molar-refractivity contribution is 7.11. The molecule has 0 spiro atoms. The van der Waals surface area contributed by atoms with E-state index >= 15 is 0 Å². The van der Waals surface area contributed by atoms with Gasteiger partial charge in [0.05, 0.1) is 23.3 Å². The first-order valence-electron chi connectivity index (χ1n) is 8.10. The zero-order chi connectivity index (χ0) is 17.5. The molecule has 0 fully saturated rings. The summed E-state index contributed by atoms with van der Waals surface area (Å²) in [6.45, 7) is 5.62. The van der Waals surface area contributed by atoms with Crippen molar-refractivity contribution in [3.05, 3.63) is 51.5 Å². The lowest BCUT2D eigenvalue weighted by Crippen LogP contribution is -2.41. The van der Waals surface area contributed by atoms with Gasteiger partial charge in [-0.3, -0.25) is 4.99 Å². The number of hydrogen-bond acceptors (Lipinski definition) is 4. The topological polar surface area (TPSA) is 52.6 Å². The normalized spacial score (nSPS) is 13.2. The second-order valence-electron chi connectivity index (χ2n) is 5.94. The van der Waals surface area contributed by atoms with Crippen molar-refractivity contribution in [1.29, 1.82) is 0 Å². The largest absolute Gasteiger partial charge is 0.354 e. The highest BCUT2D eigenvalue weighted by atomic mass is 32.1. The molecule has 24 heavy (non-hydrogen) atoms. The number of aliphatic imine (C=N–C) groups is 1. The van der Waals surface area contributed by atoms with Crippen LogP contribution in [0.15, 0.2) is 35.3 Å². The monoisotopic (exact) mass is 345 g/mol. The summed E-state index contributed by atoms with van der Waals surface area (Å²) in [5.74, 6) is 0.809. The molecule has 0 saturated heterocycles. The zero-order valence-electron chi connectivity index (χ0n) is 15.1. The summed E-state index contributed by atoms with van der Waals surface area (Å²) in [7, 11) is 5.99. The van der Waals surface area contributed by atoms with Crippen molar-refractivity contribution in [3.8, 4) is 0 Å². The molecule has 0 aliphatic rings. The van der Waals surface area contributed by atoms with Crippen LogP contribution in [0.1, 0.15) is 27.2 Å². The number of benzene rings is 1. The number of aryl methyl sites for hydroxylation is 2. The van der Waals surface area contributed by atoms with Gasteiger partial charge >= 0.3 is 0 Å². The molecule has 6 heteroatoms. The number of nitrogens with zero attached hydrogens (tertiary/aromatic N) is 3. The summed E-state index contributed by atoms with van der Waals surface area (Å²) in [4.78, 5) is 12.3. The predicted molar refractivity (Wildman–Crippen MR) is 103 cm³/mol. The van der Waals surface area contributed by atoms with E-state index in [0.717, 1.165) is 29.8 Å². The molecule has 0 aliphatic carbocycles. The van der Waals surface area contributed by atoms with Crippen LogP contribution in [-0.2, 0) is 6.54 Å². The van der Waals surface area contributed by atoms with Crippen LogP contribution in [0.25, 0.3) is 0 Å². The first-order chi connectivity index (χ1) is 11.5. The molecule has 0 bridgehead atoms. The number of rotatable bonds is 6. The van der Waals surface area contributed by atoms with Crippen LogP contribution in [0, 0.1) is 13.8 Å². The molecule has 2 rings (SSSR count). The van der Waals surface area contributed by atoms with Gasteiger partial charge in [-0.15, -0.1) is 11.3 Å². The smallest absolute Gasteiger partial charge is 0.191 e. The summed E-state index contributed by atoms with van der Waals surface area (Å²) in [5, 5.41) is 7.90. The number of nitrogens with one attached hydrogen (secondary N) is 2. The summed E-state index contributed by atoms with van der Waals surface area (Å²) in [6.07, 6.45) is 0. The lowest BCUT2D eigenvalue weighted by atomic mass is 10.1. The standard InChI is InChI=1S/C18H27N5S/c1-13-17(24-14(2)22-13)12-21-18(19-3)20-11-16(23(4)5)15-9-7-6-8-10-15/h6-10,16H,11-12H2,1-5H3,(H2,19,20,21). The fraction of sp³-hybridized carbons (Fsp3) is 0.444. The second-order valence-corrected chi connectivity index (χ2v) is 7.23. The maximum atomic E-state index is 4.46. The van der Waals surface area contributed by atoms with Crippen molar-refractivity contribution in [2.24, 2.45) is 4.99 Å². The molecule has 1 aromatic heterocycles. The minimum atomic E-state index is 0.289. The molecule has 0 amide bonds. The van der Waals surface area contributed by atoms with Crippen molar-refractivity contribution in [2.75, 3.05) is 27.7 Å². The lowest BCUT2D eigenvalue weighted by molar-refractivity contribution is 0.298. The van der Waals surface area contributed by atoms with Gasteiger partial charge < -0.3 is 15.5 Å². The third-order valence-electron chi connectivity index (χ3n) is 3.91. The van der Waals surface area contributed by atoms with Crippen molar-refractivity contribution >= 4 is 17.3 Å². The van der Waals surface area contributed by atoms with Crippen LogP contribution in [0.4, 0.5) is 0 Å². The van der Waals surface area contributed by atoms with E-state index in [1.165, 1.54) is 10.4 Å². The van der Waals surface area contributed by atoms with Gasteiger partial charge in [0.25, 0.3) is 0 Å². The van der Waals surface area contributed by atoms with Gasteiger partial charge in [-0.2, -0.15) is 0 Å². The summed E-state index contributed by atoms with van der Waals surface area (Å²) in [6, 6.07) is 10.8. The SMILES string of the molecule is CN=C(NCc1sc(C)nc1C)NCC(c1ccccc1)N(C)C. The molecule has 0 saturated carbocycles. The molecule has 1 heterocycles. The van der Waals surface area contributed by atoms with Gasteiger partial charge in [0.15, 0.2) is 5.96 Å². The Morgan fingerprint density at radius 3 is 2.46 bits per heavy atom. The maximum absolute atomic E-state index is 4.46. The van der Waals surface area contributed by atoms with Crippen LogP contribution < -0.4 is 10.6 Å². The molecule has 1 unspecified atom stereocenters. The van der Waals surface area contributed by atoms with E-state index in [2.05, 4.69) is 63.9 Å². The van der Waals surface area contributed by atoms with Crippen LogP contribution in [0.3, 0.4) is 0 Å². The van der Waals surface area contributed by atoms with E-state index in [9.17, 15) is 0 Å². The maximum Gasteiger partial charge on any atom is 0.191 e. The van der Waals surface area contributed by atoms with E-state index in [1.807, 2.05) is 19.9 Å². The first kappa shape index (κ1) is 18.4. The molecule has 2 N–H and O–H groups in total. The van der Waals surface area contributed by atoms with E-state index < -0.39 is 0 Å². The molecule has 1 aromatic carbocycles. The Hall–Kier alpha value is -1.92. The lowest BCUT2D eigenvalue weighted by Gasteiger charge is -2.26. The summed E-state index contributed by atoms with van der Waals surface area (Å²) >= 11 is 1.73. The third-order valence-corrected chi connectivity index (χ3v) is 4.98. The number of guanidine groups is 1. The van der Waals surface area contributed by atoms with E-state index in [-0.39, 0.29) is 6.04 Å². The van der Waals surface area contributed by atoms with Crippen LogP contribution in [0.2, 0.25) is 0 Å². The Morgan fingerprint density at radius 2 is 1.92 bits per heavy atom. The van der Waals surface area contributed by atoms with Crippen molar-refractivity contribution < 1.29 is 0 Å². The summed E-state index contributed by atoms with van der Waals surface area (Å²) < 4.78 is 0. The Kier molecular flexibility index (Phi) is 6.75. The van der Waals surface area contributed by atoms with Crippen molar-refractivity contribution in [1.82, 2.24) is 20.5 Å². The zero-order valence-corrected chi connectivity index (χ0v) is 15.9. The number of hydrogen-bond donors (Lipinski definition) is 2. The molecular formula is C18H27N5S. The van der Waals surface area contributed by atoms with Gasteiger partial charge in [-0.25, -0.2) is 4.98 Å². The molecule has 0 radical (unpaired) electrons. The van der Waals surface area contributed by atoms with Crippen molar-refractivity contribution in [2.45, 2.75) is 26.4 Å². The fourth-order valence-electron chi connectivity index (χ4n) is 2.59. The van der Waals surface area contributed by atoms with E-state index in [4.69, 9.17) is 0 Å². The number of likely N-dealkylation sites (N-methyl/N-ethyl adjacent to an activating group) is 1. The predicted octanol–water partition coefficient (Wildman–Crippen LogP) is 2.73. The Morgan fingerprint density at radius 1 is 1.21 bits per heavy atom. The second kappa shape index (κ2) is 8.80. The Balaban J connectivity index is 1.93. The van der Waals surface area contributed by atoms with Gasteiger partial charge in [-0.1, -0.05) is 30.3 Å². The van der Waals surface area contributed by atoms with Gasteiger partial charge in [0.2, 0.25) is 0 Å². The highest BCUT2D eigenvalue weighted by Gasteiger charge is 2.14. The van der Waals surface area contributed by atoms with Gasteiger partial charge in [0.1, 0.15) is 0 Å². The van der Waals surface area contributed by atoms with Crippen LogP contribution in [-0.4, -0.2) is 43.5 Å². The third kappa shape index (κ3) is 5.04. The van der Waals surface area contributed by atoms with E-state index in [1.54, 1.807) is 18.4 Å². The average molecular weight is 346 g/mol. The Labute approximate surface area is 148 Å². The average Bonchev–Trinajstić information content (AvgIpc) is 2.89. The van der Waals surface area contributed by atoms with Gasteiger partial charge in [-0.05, 0) is 33.5 Å². The van der Waals surface area contributed by atoms with Crippen LogP contribution >= 0.6 is 11.3 Å². The highest BCUT2D eigenvalue weighted by Crippen LogP contribution is 2.17. The molecule has 2 aromatic rings. The quantitative estimate of drug-likeness (QED) is 0.624. The van der Waals surface area contributed by atoms with Crippen LogP contribution in [0.5, 0.6) is 0 Å². The number of thiazole rings is 1. The van der Waals surface area contributed by atoms with E-state index in [0.29, 0.717) is 0 Å². The minimum Gasteiger partial charge on any atom is -0.354 e. The molecule has 130 valence electrons. The van der Waals surface area contributed by atoms with Gasteiger partial charge in [0, 0.05) is 18.5 Å². The summed E-state index contributed by atoms with van der Waals surface area (Å²) in [5.41, 5.74) is 2.38. The van der Waals surface area contributed by atoms with Crippen molar-refractivity contribution in [3.63, 3.8) is 0 Å². The molecule has 5 nitrogen and oxygen atoms in total. The number of aromatic nitrogens is 1. The first-order valence-corrected chi connectivity index (χ1v) is 8.91. The molecular weight excluding hydrogens is 318 g/mol.